The largest absolute Gasteiger partial charge is 0.454 e. The Morgan fingerprint density at radius 2 is 1.57 bits per heavy atom. The van der Waals surface area contributed by atoms with Crippen LogP contribution in [0.3, 0.4) is 0 Å². The summed E-state index contributed by atoms with van der Waals surface area (Å²) in [5.74, 6) is 0.0503. The molecule has 0 atom stereocenters. The third-order valence-electron chi connectivity index (χ3n) is 5.73. The van der Waals surface area contributed by atoms with Crippen LogP contribution in [0.1, 0.15) is 22.6 Å². The molecule has 1 aromatic heterocycles. The molecule has 0 saturated carbocycles. The van der Waals surface area contributed by atoms with Crippen LogP contribution in [0.5, 0.6) is 11.5 Å². The molecule has 11 heteroatoms. The van der Waals surface area contributed by atoms with Crippen LogP contribution in [-0.4, -0.2) is 27.6 Å². The lowest BCUT2D eigenvalue weighted by atomic mass is 9.91. The smallest absolute Gasteiger partial charge is 0.354 e. The van der Waals surface area contributed by atoms with Crippen LogP contribution in [0.2, 0.25) is 0 Å². The molecule has 2 heterocycles. The minimum absolute atomic E-state index is 0.00270. The summed E-state index contributed by atoms with van der Waals surface area (Å²) in [6.07, 6.45) is 1.18. The maximum absolute atomic E-state index is 13.3. The number of nitro groups is 1. The van der Waals surface area contributed by atoms with Crippen LogP contribution < -0.4 is 25.6 Å². The Labute approximate surface area is 211 Å². The summed E-state index contributed by atoms with van der Waals surface area (Å²) in [7, 11) is 0. The van der Waals surface area contributed by atoms with E-state index in [4.69, 9.17) is 9.47 Å². The molecule has 4 aromatic rings. The highest BCUT2D eigenvalue weighted by Gasteiger charge is 2.26. The first kappa shape index (κ1) is 23.5. The first-order valence-electron chi connectivity index (χ1n) is 11.4. The van der Waals surface area contributed by atoms with Gasteiger partial charge >= 0.3 is 5.69 Å². The molecule has 11 nitrogen and oxygen atoms in total. The summed E-state index contributed by atoms with van der Waals surface area (Å²) in [6.45, 7) is 0.393. The number of aromatic nitrogens is 2. The van der Waals surface area contributed by atoms with Crippen LogP contribution in [-0.2, 0) is 11.3 Å². The molecule has 0 bridgehead atoms. The highest BCUT2D eigenvalue weighted by atomic mass is 16.7. The SMILES string of the molecule is O=C(NNc1ncnc(NCc2ccc3c(c2)OCO3)c1[N+](=O)[O-])C(c1ccccc1)c1ccccc1. The molecule has 0 spiro atoms. The van der Waals surface area contributed by atoms with Crippen molar-refractivity contribution in [3.63, 3.8) is 0 Å². The second-order valence-electron chi connectivity index (χ2n) is 8.09. The zero-order chi connectivity index (χ0) is 25.6. The van der Waals surface area contributed by atoms with Gasteiger partial charge in [-0.1, -0.05) is 66.7 Å². The standard InChI is InChI=1S/C26H22N6O5/c33-26(22(18-7-3-1-4-8-18)19-9-5-2-6-10-19)31-30-25-23(32(34)35)24(28-15-29-25)27-14-17-11-12-20-21(13-17)37-16-36-20/h1-13,15,22H,14,16H2,(H,31,33)(H2,27,28,29,30). The number of anilines is 2. The maximum Gasteiger partial charge on any atom is 0.354 e. The summed E-state index contributed by atoms with van der Waals surface area (Å²) in [5, 5.41) is 14.9. The summed E-state index contributed by atoms with van der Waals surface area (Å²) in [5.41, 5.74) is 7.16. The minimum atomic E-state index is -0.639. The lowest BCUT2D eigenvalue weighted by Crippen LogP contribution is -2.35. The topological polar surface area (TPSA) is 141 Å². The molecule has 1 amide bonds. The Hall–Kier alpha value is -5.19. The molecular formula is C26H22N6O5. The van der Waals surface area contributed by atoms with Crippen molar-refractivity contribution in [3.05, 3.63) is 112 Å². The van der Waals surface area contributed by atoms with Gasteiger partial charge in [0.15, 0.2) is 11.5 Å². The molecular weight excluding hydrogens is 476 g/mol. The highest BCUT2D eigenvalue weighted by molar-refractivity contribution is 5.88. The van der Waals surface area contributed by atoms with E-state index < -0.39 is 22.4 Å². The van der Waals surface area contributed by atoms with Crippen molar-refractivity contribution >= 4 is 23.2 Å². The molecule has 0 saturated heterocycles. The van der Waals surface area contributed by atoms with Gasteiger partial charge in [-0.15, -0.1) is 0 Å². The summed E-state index contributed by atoms with van der Waals surface area (Å²) >= 11 is 0. The van der Waals surface area contributed by atoms with Gasteiger partial charge in [-0.2, -0.15) is 0 Å². The van der Waals surface area contributed by atoms with Gasteiger partial charge in [-0.05, 0) is 28.8 Å². The summed E-state index contributed by atoms with van der Waals surface area (Å²) < 4.78 is 10.7. The number of amides is 1. The zero-order valence-corrected chi connectivity index (χ0v) is 19.5. The number of nitrogens with one attached hydrogen (secondary N) is 3. The van der Waals surface area contributed by atoms with Crippen molar-refractivity contribution in [2.75, 3.05) is 17.5 Å². The fourth-order valence-electron chi connectivity index (χ4n) is 3.99. The Kier molecular flexibility index (Phi) is 6.75. The Morgan fingerprint density at radius 3 is 2.24 bits per heavy atom. The van der Waals surface area contributed by atoms with Crippen LogP contribution >= 0.6 is 0 Å². The zero-order valence-electron chi connectivity index (χ0n) is 19.5. The third kappa shape index (κ3) is 5.25. The molecule has 5 rings (SSSR count). The Bertz CT molecular complexity index is 1380. The fraction of sp³-hybridized carbons (Fsp3) is 0.115. The first-order chi connectivity index (χ1) is 18.1. The number of fused-ring (bicyclic) bond motifs is 1. The van der Waals surface area contributed by atoms with E-state index in [2.05, 4.69) is 26.1 Å². The number of carbonyl (C=O) groups excluding carboxylic acids is 1. The van der Waals surface area contributed by atoms with E-state index in [1.807, 2.05) is 66.7 Å². The molecule has 37 heavy (non-hydrogen) atoms. The number of rotatable bonds is 9. The van der Waals surface area contributed by atoms with Crippen LogP contribution in [0.15, 0.2) is 85.2 Å². The van der Waals surface area contributed by atoms with E-state index in [1.165, 1.54) is 6.33 Å². The second kappa shape index (κ2) is 10.6. The Morgan fingerprint density at radius 1 is 0.919 bits per heavy atom. The average molecular weight is 498 g/mol. The number of carbonyl (C=O) groups is 1. The van der Waals surface area contributed by atoms with Crippen molar-refractivity contribution < 1.29 is 19.2 Å². The molecule has 1 aliphatic heterocycles. The lowest BCUT2D eigenvalue weighted by molar-refractivity contribution is -0.383. The summed E-state index contributed by atoms with van der Waals surface area (Å²) in [6, 6.07) is 23.9. The number of hydrogen-bond donors (Lipinski definition) is 3. The van der Waals surface area contributed by atoms with Crippen molar-refractivity contribution in [2.45, 2.75) is 12.5 Å². The Balaban J connectivity index is 1.34. The van der Waals surface area contributed by atoms with Gasteiger partial charge in [-0.25, -0.2) is 9.97 Å². The molecule has 0 fully saturated rings. The van der Waals surface area contributed by atoms with Crippen molar-refractivity contribution in [2.24, 2.45) is 0 Å². The first-order valence-corrected chi connectivity index (χ1v) is 11.4. The predicted molar refractivity (Wildman–Crippen MR) is 135 cm³/mol. The van der Waals surface area contributed by atoms with Gasteiger partial charge in [0.25, 0.3) is 0 Å². The average Bonchev–Trinajstić information content (AvgIpc) is 3.40. The van der Waals surface area contributed by atoms with Gasteiger partial charge in [0.05, 0.1) is 10.8 Å². The monoisotopic (exact) mass is 498 g/mol. The van der Waals surface area contributed by atoms with Crippen LogP contribution in [0.4, 0.5) is 17.3 Å². The quantitative estimate of drug-likeness (QED) is 0.231. The number of hydrogen-bond acceptors (Lipinski definition) is 9. The molecule has 1 aliphatic rings. The molecule has 0 aliphatic carbocycles. The molecule has 186 valence electrons. The maximum atomic E-state index is 13.3. The molecule has 3 N–H and O–H groups in total. The lowest BCUT2D eigenvalue weighted by Gasteiger charge is -2.18. The van der Waals surface area contributed by atoms with E-state index in [9.17, 15) is 14.9 Å². The van der Waals surface area contributed by atoms with E-state index in [0.29, 0.717) is 11.5 Å². The van der Waals surface area contributed by atoms with E-state index in [1.54, 1.807) is 12.1 Å². The van der Waals surface area contributed by atoms with Crippen molar-refractivity contribution in [1.29, 1.82) is 0 Å². The highest BCUT2D eigenvalue weighted by Crippen LogP contribution is 2.34. The predicted octanol–water partition coefficient (Wildman–Crippen LogP) is 4.00. The minimum Gasteiger partial charge on any atom is -0.454 e. The van der Waals surface area contributed by atoms with Crippen LogP contribution in [0, 0.1) is 10.1 Å². The number of ether oxygens (including phenoxy) is 2. The fourth-order valence-corrected chi connectivity index (χ4v) is 3.99. The summed E-state index contributed by atoms with van der Waals surface area (Å²) in [4.78, 5) is 32.6. The van der Waals surface area contributed by atoms with E-state index in [0.717, 1.165) is 16.7 Å². The van der Waals surface area contributed by atoms with E-state index in [-0.39, 0.29) is 25.0 Å². The third-order valence-corrected chi connectivity index (χ3v) is 5.73. The van der Waals surface area contributed by atoms with E-state index >= 15 is 0 Å². The van der Waals surface area contributed by atoms with Gasteiger partial charge in [0.1, 0.15) is 6.33 Å². The number of nitrogens with zero attached hydrogens (tertiary/aromatic N) is 3. The normalized spacial score (nSPS) is 11.7. The van der Waals surface area contributed by atoms with Gasteiger partial charge in [0.2, 0.25) is 24.3 Å². The molecule has 3 aromatic carbocycles. The van der Waals surface area contributed by atoms with Crippen molar-refractivity contribution in [3.8, 4) is 11.5 Å². The van der Waals surface area contributed by atoms with Gasteiger partial charge in [-0.3, -0.25) is 25.8 Å². The van der Waals surface area contributed by atoms with Gasteiger partial charge in [0, 0.05) is 6.54 Å². The number of hydrazine groups is 1. The van der Waals surface area contributed by atoms with Crippen LogP contribution in [0.25, 0.3) is 0 Å². The second-order valence-corrected chi connectivity index (χ2v) is 8.09. The van der Waals surface area contributed by atoms with Gasteiger partial charge < -0.3 is 14.8 Å². The van der Waals surface area contributed by atoms with Crippen molar-refractivity contribution in [1.82, 2.24) is 15.4 Å². The molecule has 0 radical (unpaired) electrons. The molecule has 0 unspecified atom stereocenters. The number of benzene rings is 3.